The molecule has 2 heteroatoms. The Bertz CT molecular complexity index is 3130. The van der Waals surface area contributed by atoms with Crippen LogP contribution < -0.4 is 0 Å². The largest absolute Gasteiger partial charge is 0.313 e. The van der Waals surface area contributed by atoms with Gasteiger partial charge in [-0.05, 0) is 112 Å². The summed E-state index contributed by atoms with van der Waals surface area (Å²) >= 11 is 0. The number of rotatable bonds is 6. The minimum Gasteiger partial charge on any atom is -0.313 e. The summed E-state index contributed by atoms with van der Waals surface area (Å²) in [5.41, 5.74) is 19.1. The van der Waals surface area contributed by atoms with E-state index in [1.54, 1.807) is 0 Å². The smallest absolute Gasteiger partial charge is 0.0541 e. The zero-order valence-electron chi connectivity index (χ0n) is 32.3. The van der Waals surface area contributed by atoms with Crippen molar-refractivity contribution in [2.75, 3.05) is 0 Å². The molecule has 11 rings (SSSR count). The van der Waals surface area contributed by atoms with E-state index < -0.39 is 0 Å². The van der Waals surface area contributed by atoms with E-state index in [4.69, 9.17) is 0 Å². The van der Waals surface area contributed by atoms with Crippen LogP contribution in [-0.4, -0.2) is 9.13 Å². The summed E-state index contributed by atoms with van der Waals surface area (Å²) in [7, 11) is 0. The summed E-state index contributed by atoms with van der Waals surface area (Å²) in [5, 5.41) is 3.86. The molecule has 0 atom stereocenters. The van der Waals surface area contributed by atoms with Crippen molar-refractivity contribution >= 4 is 63.1 Å². The molecule has 7 aromatic carbocycles. The Morgan fingerprint density at radius 2 is 0.947 bits per heavy atom. The minimum absolute atomic E-state index is 0.110. The zero-order valence-corrected chi connectivity index (χ0v) is 32.3. The van der Waals surface area contributed by atoms with Crippen LogP contribution in [0.3, 0.4) is 0 Å². The van der Waals surface area contributed by atoms with Gasteiger partial charge in [-0.25, -0.2) is 0 Å². The molecule has 2 aliphatic rings. The van der Waals surface area contributed by atoms with Crippen molar-refractivity contribution in [3.8, 4) is 22.5 Å². The molecule has 0 bridgehead atoms. The van der Waals surface area contributed by atoms with Crippen LogP contribution in [0.2, 0.25) is 0 Å². The summed E-state index contributed by atoms with van der Waals surface area (Å²) in [6.45, 7) is 4.74. The maximum atomic E-state index is 2.45. The molecule has 2 nitrogen and oxygen atoms in total. The highest BCUT2D eigenvalue weighted by Crippen LogP contribution is 2.49. The summed E-state index contributed by atoms with van der Waals surface area (Å²) in [5.74, 6) is 0. The predicted molar refractivity (Wildman–Crippen MR) is 243 cm³/mol. The molecule has 0 aliphatic heterocycles. The Morgan fingerprint density at radius 1 is 0.456 bits per heavy atom. The fraction of sp³-hybridized carbons (Fsp3) is 0.0909. The molecule has 2 heterocycles. The second-order valence-corrected chi connectivity index (χ2v) is 16.1. The van der Waals surface area contributed by atoms with E-state index in [0.717, 1.165) is 12.8 Å². The Hall–Kier alpha value is -6.90. The van der Waals surface area contributed by atoms with Crippen molar-refractivity contribution in [2.24, 2.45) is 0 Å². The predicted octanol–water partition coefficient (Wildman–Crippen LogP) is 14.3. The fourth-order valence-corrected chi connectivity index (χ4v) is 9.53. The Labute approximate surface area is 334 Å². The molecule has 0 saturated heterocycles. The first-order valence-electron chi connectivity index (χ1n) is 20.1. The van der Waals surface area contributed by atoms with Gasteiger partial charge in [-0.3, -0.25) is 0 Å². The first kappa shape index (κ1) is 33.4. The second-order valence-electron chi connectivity index (χ2n) is 16.1. The fourth-order valence-electron chi connectivity index (χ4n) is 9.53. The van der Waals surface area contributed by atoms with Crippen LogP contribution in [0.5, 0.6) is 0 Å². The molecule has 2 aromatic heterocycles. The number of aromatic nitrogens is 2. The van der Waals surface area contributed by atoms with Gasteiger partial charge in [0.05, 0.1) is 16.6 Å². The molecular formula is C55H42N2. The van der Waals surface area contributed by atoms with Crippen LogP contribution in [0.25, 0.3) is 85.6 Å². The molecule has 0 fully saturated rings. The van der Waals surface area contributed by atoms with Crippen LogP contribution in [0.15, 0.2) is 164 Å². The second kappa shape index (κ2) is 13.1. The van der Waals surface area contributed by atoms with Crippen LogP contribution >= 0.6 is 0 Å². The number of allylic oxidation sites excluding steroid dienone is 1. The molecular weight excluding hydrogens is 689 g/mol. The first-order valence-corrected chi connectivity index (χ1v) is 20.1. The highest BCUT2D eigenvalue weighted by Gasteiger charge is 2.35. The van der Waals surface area contributed by atoms with Gasteiger partial charge in [-0.1, -0.05) is 153 Å². The van der Waals surface area contributed by atoms with E-state index in [-0.39, 0.29) is 5.41 Å². The van der Waals surface area contributed by atoms with E-state index in [9.17, 15) is 0 Å². The molecule has 272 valence electrons. The summed E-state index contributed by atoms with van der Waals surface area (Å²) in [6.07, 6.45) is 15.9. The van der Waals surface area contributed by atoms with Gasteiger partial charge in [0, 0.05) is 44.2 Å². The van der Waals surface area contributed by atoms with Gasteiger partial charge in [0.2, 0.25) is 0 Å². The van der Waals surface area contributed by atoms with Crippen molar-refractivity contribution in [3.05, 3.63) is 208 Å². The van der Waals surface area contributed by atoms with E-state index in [2.05, 4.69) is 217 Å². The molecule has 2 aliphatic carbocycles. The Kier molecular flexibility index (Phi) is 7.69. The van der Waals surface area contributed by atoms with Gasteiger partial charge >= 0.3 is 0 Å². The lowest BCUT2D eigenvalue weighted by molar-refractivity contribution is 0.660. The molecule has 0 N–H and O–H groups in total. The minimum atomic E-state index is -0.110. The van der Waals surface area contributed by atoms with Crippen molar-refractivity contribution in [1.29, 1.82) is 0 Å². The Balaban J connectivity index is 0.879. The number of fused-ring (bicyclic) bond motifs is 9. The van der Waals surface area contributed by atoms with Crippen LogP contribution in [-0.2, 0) is 11.8 Å². The number of hydrogen-bond donors (Lipinski definition) is 0. The standard InChI is InChI=1S/C55H42N2/c1-55(2)49-35-39(23-21-37-27-31-53-47(33-37)45-17-9-11-19-51(45)56(53)41-13-5-3-6-14-41)25-29-43(49)44-30-26-40(36-50(44)55)24-22-38-28-32-54-48(34-38)46-18-10-12-20-52(46)57(54)42-15-7-4-8-16-42/h3-11,13-19,21-36H,12,20H2,1-2H3/b23-21+,24-22+. The number of benzene rings is 7. The van der Waals surface area contributed by atoms with E-state index >= 15 is 0 Å². The third-order valence-electron chi connectivity index (χ3n) is 12.4. The highest BCUT2D eigenvalue weighted by atomic mass is 15.0. The average molecular weight is 731 g/mol. The zero-order chi connectivity index (χ0) is 38.1. The van der Waals surface area contributed by atoms with Crippen LogP contribution in [0.1, 0.15) is 64.9 Å². The lowest BCUT2D eigenvalue weighted by atomic mass is 9.81. The summed E-state index contributed by atoms with van der Waals surface area (Å²) < 4.78 is 4.82. The van der Waals surface area contributed by atoms with Crippen LogP contribution in [0.4, 0.5) is 0 Å². The summed E-state index contributed by atoms with van der Waals surface area (Å²) in [6, 6.07) is 57.9. The van der Waals surface area contributed by atoms with E-state index in [0.29, 0.717) is 0 Å². The first-order chi connectivity index (χ1) is 28.0. The van der Waals surface area contributed by atoms with Crippen molar-refractivity contribution in [3.63, 3.8) is 0 Å². The normalized spacial score (nSPS) is 14.3. The molecule has 0 radical (unpaired) electrons. The van der Waals surface area contributed by atoms with E-state index in [1.807, 2.05) is 0 Å². The third-order valence-corrected chi connectivity index (χ3v) is 12.4. The number of nitrogens with zero attached hydrogens (tertiary/aromatic N) is 2. The van der Waals surface area contributed by atoms with Crippen molar-refractivity contribution in [1.82, 2.24) is 9.13 Å². The molecule has 0 amide bonds. The van der Waals surface area contributed by atoms with Gasteiger partial charge in [0.15, 0.2) is 0 Å². The SMILES string of the molecule is CC1(C)c2cc(/C=C/c3ccc4c(c3)c3c(n4-c4ccccc4)CCC=C3)ccc2-c2ccc(/C=C/c3ccc4c(c3)c3ccccc3n4-c3ccccc3)cc21. The molecule has 9 aromatic rings. The average Bonchev–Trinajstić information content (AvgIpc) is 3.85. The van der Waals surface area contributed by atoms with Gasteiger partial charge in [-0.2, -0.15) is 0 Å². The monoisotopic (exact) mass is 730 g/mol. The van der Waals surface area contributed by atoms with Gasteiger partial charge < -0.3 is 9.13 Å². The topological polar surface area (TPSA) is 9.86 Å². The van der Waals surface area contributed by atoms with Crippen molar-refractivity contribution in [2.45, 2.75) is 32.1 Å². The number of para-hydroxylation sites is 3. The maximum Gasteiger partial charge on any atom is 0.0541 e. The molecule has 0 spiro atoms. The van der Waals surface area contributed by atoms with E-state index in [1.165, 1.54) is 99.8 Å². The third kappa shape index (κ3) is 5.47. The molecule has 57 heavy (non-hydrogen) atoms. The molecule has 0 unspecified atom stereocenters. The number of hydrogen-bond acceptors (Lipinski definition) is 0. The lowest BCUT2D eigenvalue weighted by Gasteiger charge is -2.22. The van der Waals surface area contributed by atoms with Crippen LogP contribution in [0, 0.1) is 0 Å². The summed E-state index contributed by atoms with van der Waals surface area (Å²) in [4.78, 5) is 0. The van der Waals surface area contributed by atoms with Gasteiger partial charge in [0.1, 0.15) is 0 Å². The maximum absolute atomic E-state index is 2.45. The molecule has 0 saturated carbocycles. The Morgan fingerprint density at radius 3 is 1.58 bits per heavy atom. The quantitative estimate of drug-likeness (QED) is 0.151. The highest BCUT2D eigenvalue weighted by molar-refractivity contribution is 6.10. The van der Waals surface area contributed by atoms with Gasteiger partial charge in [0.25, 0.3) is 0 Å². The van der Waals surface area contributed by atoms with Crippen molar-refractivity contribution < 1.29 is 0 Å². The van der Waals surface area contributed by atoms with Gasteiger partial charge in [-0.15, -0.1) is 0 Å². The lowest BCUT2D eigenvalue weighted by Crippen LogP contribution is -2.15.